The molecule has 0 bridgehead atoms. The fourth-order valence-corrected chi connectivity index (χ4v) is 2.15. The number of amides is 2. The summed E-state index contributed by atoms with van der Waals surface area (Å²) in [5.74, 6) is -1.26. The molecule has 1 aromatic carbocycles. The molecule has 114 valence electrons. The molecule has 2 amide bonds. The van der Waals surface area contributed by atoms with E-state index in [0.29, 0.717) is 11.3 Å². The summed E-state index contributed by atoms with van der Waals surface area (Å²) in [6, 6.07) is 7.57. The second-order valence-corrected chi connectivity index (χ2v) is 5.26. The molecule has 1 atom stereocenters. The molecule has 1 rings (SSSR count). The number of rotatable bonds is 7. The van der Waals surface area contributed by atoms with Crippen LogP contribution in [0, 0.1) is 0 Å². The minimum atomic E-state index is -1.06. The van der Waals surface area contributed by atoms with Gasteiger partial charge >= 0.3 is 5.97 Å². The maximum atomic E-state index is 11.6. The van der Waals surface area contributed by atoms with E-state index in [4.69, 9.17) is 10.8 Å². The van der Waals surface area contributed by atoms with Gasteiger partial charge in [0.1, 0.15) is 6.04 Å². The van der Waals surface area contributed by atoms with Crippen LogP contribution in [0.15, 0.2) is 30.3 Å². The molecule has 0 spiro atoms. The molecule has 1 unspecified atom stereocenters. The Hall–Kier alpha value is -2.06. The summed E-state index contributed by atoms with van der Waals surface area (Å²) in [6.45, 7) is 0. The van der Waals surface area contributed by atoms with Crippen molar-refractivity contribution in [2.24, 2.45) is 5.73 Å². The Morgan fingerprint density at radius 3 is 2.48 bits per heavy atom. The van der Waals surface area contributed by atoms with Gasteiger partial charge in [0.05, 0.1) is 5.75 Å². The van der Waals surface area contributed by atoms with Gasteiger partial charge in [0.25, 0.3) is 5.91 Å². The highest BCUT2D eigenvalue weighted by atomic mass is 32.2. The van der Waals surface area contributed by atoms with Crippen molar-refractivity contribution in [1.82, 2.24) is 10.9 Å². The first-order valence-corrected chi connectivity index (χ1v) is 7.36. The third-order valence-electron chi connectivity index (χ3n) is 2.47. The van der Waals surface area contributed by atoms with Crippen LogP contribution in [0.4, 0.5) is 0 Å². The molecule has 0 aliphatic heterocycles. The molecular formula is C13H17N3O4S. The van der Waals surface area contributed by atoms with Crippen LogP contribution in [0.3, 0.4) is 0 Å². The van der Waals surface area contributed by atoms with Crippen LogP contribution in [0.25, 0.3) is 0 Å². The lowest BCUT2D eigenvalue weighted by Gasteiger charge is -2.08. The van der Waals surface area contributed by atoms with Crippen LogP contribution < -0.4 is 16.6 Å². The third kappa shape index (κ3) is 6.77. The van der Waals surface area contributed by atoms with E-state index in [2.05, 4.69) is 10.9 Å². The fourth-order valence-electron chi connectivity index (χ4n) is 1.32. The van der Waals surface area contributed by atoms with Gasteiger partial charge in [-0.15, -0.1) is 0 Å². The molecule has 0 aliphatic rings. The van der Waals surface area contributed by atoms with Gasteiger partial charge < -0.3 is 10.8 Å². The lowest BCUT2D eigenvalue weighted by molar-refractivity contribution is -0.138. The zero-order valence-electron chi connectivity index (χ0n) is 11.2. The molecule has 8 heteroatoms. The number of aliphatic carboxylic acids is 1. The highest BCUT2D eigenvalue weighted by Crippen LogP contribution is 2.03. The van der Waals surface area contributed by atoms with Gasteiger partial charge in [0.15, 0.2) is 0 Å². The molecule has 0 radical (unpaired) electrons. The van der Waals surface area contributed by atoms with Gasteiger partial charge in [-0.2, -0.15) is 11.8 Å². The zero-order valence-corrected chi connectivity index (χ0v) is 12.1. The summed E-state index contributed by atoms with van der Waals surface area (Å²) >= 11 is 1.25. The molecule has 21 heavy (non-hydrogen) atoms. The van der Waals surface area contributed by atoms with Crippen molar-refractivity contribution < 1.29 is 19.5 Å². The minimum Gasteiger partial charge on any atom is -0.480 e. The number of hydrogen-bond donors (Lipinski definition) is 4. The van der Waals surface area contributed by atoms with Gasteiger partial charge in [-0.05, 0) is 24.3 Å². The molecule has 0 heterocycles. The van der Waals surface area contributed by atoms with E-state index in [9.17, 15) is 14.4 Å². The van der Waals surface area contributed by atoms with E-state index in [-0.39, 0.29) is 18.1 Å². The molecule has 7 nitrogen and oxygen atoms in total. The van der Waals surface area contributed by atoms with Gasteiger partial charge in [0, 0.05) is 5.56 Å². The van der Waals surface area contributed by atoms with Crippen LogP contribution in [0.2, 0.25) is 0 Å². The summed E-state index contributed by atoms with van der Waals surface area (Å²) in [5, 5.41) is 8.58. The number of thioether (sulfide) groups is 1. The number of carbonyl (C=O) groups excluding carboxylic acids is 2. The van der Waals surface area contributed by atoms with Crippen molar-refractivity contribution in [3.8, 4) is 0 Å². The molecule has 0 aromatic heterocycles. The van der Waals surface area contributed by atoms with E-state index in [1.54, 1.807) is 30.3 Å². The Morgan fingerprint density at radius 1 is 1.19 bits per heavy atom. The maximum Gasteiger partial charge on any atom is 0.320 e. The number of nitrogens with one attached hydrogen (secondary N) is 2. The third-order valence-corrected chi connectivity index (χ3v) is 3.47. The lowest BCUT2D eigenvalue weighted by atomic mass is 10.2. The van der Waals surface area contributed by atoms with E-state index in [1.807, 2.05) is 0 Å². The summed E-state index contributed by atoms with van der Waals surface area (Å²) in [6.07, 6.45) is 0.281. The van der Waals surface area contributed by atoms with Crippen LogP contribution in [-0.2, 0) is 9.59 Å². The maximum absolute atomic E-state index is 11.6. The smallest absolute Gasteiger partial charge is 0.320 e. The molecule has 0 saturated heterocycles. The van der Waals surface area contributed by atoms with Crippen molar-refractivity contribution in [2.45, 2.75) is 12.5 Å². The lowest BCUT2D eigenvalue weighted by Crippen LogP contribution is -2.42. The Kier molecular flexibility index (Phi) is 7.27. The molecule has 1 aromatic rings. The van der Waals surface area contributed by atoms with Crippen LogP contribution >= 0.6 is 11.8 Å². The fraction of sp³-hybridized carbons (Fsp3) is 0.308. The number of benzene rings is 1. The number of nitrogens with two attached hydrogens (primary N) is 1. The summed E-state index contributed by atoms with van der Waals surface area (Å²) < 4.78 is 0. The number of carboxylic acids is 1. The SMILES string of the molecule is NC(CCSCC(=O)NNC(=O)c1ccccc1)C(=O)O. The summed E-state index contributed by atoms with van der Waals surface area (Å²) in [4.78, 5) is 33.6. The van der Waals surface area contributed by atoms with E-state index in [1.165, 1.54) is 11.8 Å². The molecular weight excluding hydrogens is 294 g/mol. The zero-order chi connectivity index (χ0) is 15.7. The van der Waals surface area contributed by atoms with Crippen LogP contribution in [0.1, 0.15) is 16.8 Å². The first kappa shape index (κ1) is 17.0. The average Bonchev–Trinajstić information content (AvgIpc) is 2.49. The Balaban J connectivity index is 2.17. The average molecular weight is 311 g/mol. The normalized spacial score (nSPS) is 11.5. The van der Waals surface area contributed by atoms with Gasteiger partial charge in [-0.25, -0.2) is 0 Å². The van der Waals surface area contributed by atoms with Crippen molar-refractivity contribution in [3.05, 3.63) is 35.9 Å². The monoisotopic (exact) mass is 311 g/mol. The molecule has 0 aliphatic carbocycles. The van der Waals surface area contributed by atoms with Crippen molar-refractivity contribution in [1.29, 1.82) is 0 Å². The first-order chi connectivity index (χ1) is 10.0. The number of carboxylic acid groups (broad SMARTS) is 1. The molecule has 0 saturated carbocycles. The van der Waals surface area contributed by atoms with Crippen LogP contribution in [0.5, 0.6) is 0 Å². The number of hydrazine groups is 1. The van der Waals surface area contributed by atoms with E-state index in [0.717, 1.165) is 0 Å². The number of carbonyl (C=O) groups is 3. The Labute approximate surface area is 126 Å². The quantitative estimate of drug-likeness (QED) is 0.415. The Morgan fingerprint density at radius 2 is 1.86 bits per heavy atom. The van der Waals surface area contributed by atoms with Crippen LogP contribution in [-0.4, -0.2) is 40.4 Å². The first-order valence-electron chi connectivity index (χ1n) is 6.21. The molecule has 5 N–H and O–H groups in total. The van der Waals surface area contributed by atoms with E-state index < -0.39 is 17.9 Å². The highest BCUT2D eigenvalue weighted by Gasteiger charge is 2.11. The van der Waals surface area contributed by atoms with Crippen molar-refractivity contribution in [3.63, 3.8) is 0 Å². The Bertz CT molecular complexity index is 495. The topological polar surface area (TPSA) is 122 Å². The highest BCUT2D eigenvalue weighted by molar-refractivity contribution is 7.99. The summed E-state index contributed by atoms with van der Waals surface area (Å²) in [5.41, 5.74) is 10.3. The second-order valence-electron chi connectivity index (χ2n) is 4.15. The second kappa shape index (κ2) is 8.98. The van der Waals surface area contributed by atoms with Gasteiger partial charge in [0.2, 0.25) is 5.91 Å². The van der Waals surface area contributed by atoms with Crippen molar-refractivity contribution >= 4 is 29.5 Å². The summed E-state index contributed by atoms with van der Waals surface area (Å²) in [7, 11) is 0. The number of hydrogen-bond acceptors (Lipinski definition) is 5. The molecule has 0 fully saturated rings. The largest absolute Gasteiger partial charge is 0.480 e. The predicted molar refractivity (Wildman–Crippen MR) is 79.6 cm³/mol. The van der Waals surface area contributed by atoms with Gasteiger partial charge in [-0.1, -0.05) is 18.2 Å². The standard InChI is InChI=1S/C13H17N3O4S/c14-10(13(19)20)6-7-21-8-11(17)15-16-12(18)9-4-2-1-3-5-9/h1-5,10H,6-8,14H2,(H,15,17)(H,16,18)(H,19,20). The minimum absolute atomic E-state index is 0.113. The van der Waals surface area contributed by atoms with Gasteiger partial charge in [-0.3, -0.25) is 25.2 Å². The predicted octanol–water partition coefficient (Wildman–Crippen LogP) is -0.0172. The van der Waals surface area contributed by atoms with E-state index >= 15 is 0 Å². The van der Waals surface area contributed by atoms with Crippen molar-refractivity contribution in [2.75, 3.05) is 11.5 Å².